The summed E-state index contributed by atoms with van der Waals surface area (Å²) in [5.74, 6) is -0.205. The fraction of sp³-hybridized carbons (Fsp3) is 0.444. The Morgan fingerprint density at radius 1 is 1.76 bits per heavy atom. The van der Waals surface area contributed by atoms with Gasteiger partial charge >= 0.3 is 0 Å². The van der Waals surface area contributed by atoms with Crippen LogP contribution < -0.4 is 11.1 Å². The van der Waals surface area contributed by atoms with Gasteiger partial charge in [-0.2, -0.15) is 5.10 Å². The molecule has 0 aliphatic carbocycles. The van der Waals surface area contributed by atoms with Crippen molar-refractivity contribution in [2.45, 2.75) is 13.3 Å². The van der Waals surface area contributed by atoms with Crippen LogP contribution in [0.25, 0.3) is 0 Å². The van der Waals surface area contributed by atoms with Gasteiger partial charge in [-0.25, -0.2) is 0 Å². The first-order valence-corrected chi connectivity index (χ1v) is 5.07. The first-order chi connectivity index (χ1) is 8.19. The molecule has 5 N–H and O–H groups in total. The number of hydrogen-bond donors (Lipinski definition) is 4. The number of hydrogen-bond acceptors (Lipinski definition) is 5. The predicted octanol–water partition coefficient (Wildman–Crippen LogP) is -0.131. The van der Waals surface area contributed by atoms with Gasteiger partial charge in [0, 0.05) is 6.61 Å². The second-order valence-corrected chi connectivity index (χ2v) is 3.24. The van der Waals surface area contributed by atoms with Crippen LogP contribution in [0.1, 0.15) is 18.9 Å². The van der Waals surface area contributed by atoms with Crippen LogP contribution in [0.15, 0.2) is 11.4 Å². The van der Waals surface area contributed by atoms with Gasteiger partial charge < -0.3 is 21.0 Å². The first kappa shape index (κ1) is 13.0. The molecule has 0 aliphatic rings. The summed E-state index contributed by atoms with van der Waals surface area (Å²) < 4.78 is 5.06. The third-order valence-electron chi connectivity index (χ3n) is 1.87. The zero-order chi connectivity index (χ0) is 12.7. The van der Waals surface area contributed by atoms with Crippen LogP contribution in [0, 0.1) is 0 Å². The monoisotopic (exact) mass is 241 g/mol. The van der Waals surface area contributed by atoms with E-state index in [0.29, 0.717) is 12.2 Å². The minimum atomic E-state index is -0.338. The van der Waals surface area contributed by atoms with E-state index in [1.54, 1.807) is 0 Å². The Bertz CT molecular complexity index is 401. The second-order valence-electron chi connectivity index (χ2n) is 3.24. The highest BCUT2D eigenvalue weighted by Crippen LogP contribution is 2.09. The smallest absolute Gasteiger partial charge is 0.251 e. The second kappa shape index (κ2) is 6.48. The highest BCUT2D eigenvalue weighted by molar-refractivity contribution is 6.04. The number of nitrogens with two attached hydrogens (primary N) is 1. The van der Waals surface area contributed by atoms with Gasteiger partial charge in [0.05, 0.1) is 11.8 Å². The summed E-state index contributed by atoms with van der Waals surface area (Å²) in [6, 6.07) is 0. The summed E-state index contributed by atoms with van der Waals surface area (Å²) in [5, 5.41) is 20.1. The van der Waals surface area contributed by atoms with Crippen molar-refractivity contribution >= 4 is 17.6 Å². The van der Waals surface area contributed by atoms with Crippen LogP contribution in [0.2, 0.25) is 0 Å². The van der Waals surface area contributed by atoms with Crippen molar-refractivity contribution < 1.29 is 14.7 Å². The van der Waals surface area contributed by atoms with E-state index in [-0.39, 0.29) is 24.2 Å². The zero-order valence-corrected chi connectivity index (χ0v) is 9.43. The predicted molar refractivity (Wildman–Crippen MR) is 60.8 cm³/mol. The molecule has 1 amide bonds. The van der Waals surface area contributed by atoms with Crippen LogP contribution in [-0.4, -0.2) is 40.4 Å². The van der Waals surface area contributed by atoms with E-state index in [1.807, 2.05) is 6.92 Å². The number of carbonyl (C=O) groups excluding carboxylic acids is 1. The van der Waals surface area contributed by atoms with Crippen LogP contribution >= 0.6 is 0 Å². The molecule has 0 saturated heterocycles. The van der Waals surface area contributed by atoms with Crippen molar-refractivity contribution in [2.75, 3.05) is 18.5 Å². The summed E-state index contributed by atoms with van der Waals surface area (Å²) in [6.07, 6.45) is 2.18. The standard InChI is InChI=1S/C9H15N5O3/c1-2-3-17-5-7(15)12-9-6(4-11-13-9)8(10)14-16/h4,16H,2-3,5H2,1H3,(H2,10,14)(H2,11,12,13,15). The summed E-state index contributed by atoms with van der Waals surface area (Å²) in [4.78, 5) is 11.4. The molecule has 94 valence electrons. The maximum atomic E-state index is 11.4. The van der Waals surface area contributed by atoms with Crippen molar-refractivity contribution in [3.05, 3.63) is 11.8 Å². The number of carbonyl (C=O) groups is 1. The summed E-state index contributed by atoms with van der Waals surface area (Å²) in [7, 11) is 0. The molecular formula is C9H15N5O3. The van der Waals surface area contributed by atoms with E-state index in [9.17, 15) is 4.79 Å². The Hall–Kier alpha value is -2.09. The molecule has 1 aromatic heterocycles. The van der Waals surface area contributed by atoms with E-state index < -0.39 is 0 Å². The number of nitrogens with one attached hydrogen (secondary N) is 2. The van der Waals surface area contributed by atoms with Gasteiger partial charge in [-0.15, -0.1) is 0 Å². The lowest BCUT2D eigenvalue weighted by atomic mass is 10.3. The third kappa shape index (κ3) is 3.76. The molecule has 0 radical (unpaired) electrons. The number of amidine groups is 1. The minimum absolute atomic E-state index is 0.0531. The Labute approximate surface area is 97.8 Å². The number of nitrogens with zero attached hydrogens (tertiary/aromatic N) is 2. The first-order valence-electron chi connectivity index (χ1n) is 5.07. The van der Waals surface area contributed by atoms with Crippen molar-refractivity contribution in [1.82, 2.24) is 10.2 Å². The molecule has 1 aromatic rings. The molecule has 8 nitrogen and oxygen atoms in total. The Kier molecular flexibility index (Phi) is 4.95. The summed E-state index contributed by atoms with van der Waals surface area (Å²) in [6.45, 7) is 2.41. The van der Waals surface area contributed by atoms with Crippen molar-refractivity contribution in [3.8, 4) is 0 Å². The van der Waals surface area contributed by atoms with Crippen LogP contribution in [0.3, 0.4) is 0 Å². The van der Waals surface area contributed by atoms with E-state index in [2.05, 4.69) is 20.7 Å². The maximum absolute atomic E-state index is 11.4. The van der Waals surface area contributed by atoms with Crippen molar-refractivity contribution in [2.24, 2.45) is 10.9 Å². The van der Waals surface area contributed by atoms with Gasteiger partial charge in [-0.1, -0.05) is 12.1 Å². The van der Waals surface area contributed by atoms with Crippen molar-refractivity contribution in [3.63, 3.8) is 0 Å². The summed E-state index contributed by atoms with van der Waals surface area (Å²) >= 11 is 0. The molecule has 0 bridgehead atoms. The molecule has 0 aliphatic heterocycles. The number of aromatic amines is 1. The zero-order valence-electron chi connectivity index (χ0n) is 9.43. The molecule has 8 heteroatoms. The average molecular weight is 241 g/mol. The number of oxime groups is 1. The SMILES string of the molecule is CCCOCC(=O)Nc1[nH]ncc1C(N)=NO. The van der Waals surface area contributed by atoms with Crippen LogP contribution in [0.4, 0.5) is 5.82 Å². The lowest BCUT2D eigenvalue weighted by Gasteiger charge is -2.05. The average Bonchev–Trinajstić information content (AvgIpc) is 2.76. The Morgan fingerprint density at radius 2 is 2.53 bits per heavy atom. The number of anilines is 1. The van der Waals surface area contributed by atoms with Crippen LogP contribution in [0.5, 0.6) is 0 Å². The van der Waals surface area contributed by atoms with Crippen molar-refractivity contribution in [1.29, 1.82) is 0 Å². The Balaban J connectivity index is 2.57. The molecule has 0 fully saturated rings. The topological polar surface area (TPSA) is 126 Å². The molecular weight excluding hydrogens is 226 g/mol. The molecule has 0 aromatic carbocycles. The van der Waals surface area contributed by atoms with Gasteiger partial charge in [0.15, 0.2) is 5.84 Å². The number of ether oxygens (including phenoxy) is 1. The summed E-state index contributed by atoms with van der Waals surface area (Å²) in [5.41, 5.74) is 5.71. The molecule has 0 saturated carbocycles. The number of H-pyrrole nitrogens is 1. The van der Waals surface area contributed by atoms with Crippen LogP contribution in [-0.2, 0) is 9.53 Å². The molecule has 17 heavy (non-hydrogen) atoms. The molecule has 1 rings (SSSR count). The fourth-order valence-corrected chi connectivity index (χ4v) is 1.11. The van der Waals surface area contributed by atoms with Gasteiger partial charge in [-0.3, -0.25) is 9.89 Å². The van der Waals surface area contributed by atoms with Gasteiger partial charge in [-0.05, 0) is 6.42 Å². The molecule has 1 heterocycles. The molecule has 0 atom stereocenters. The maximum Gasteiger partial charge on any atom is 0.251 e. The van der Waals surface area contributed by atoms with Gasteiger partial charge in [0.2, 0.25) is 0 Å². The molecule has 0 spiro atoms. The van der Waals surface area contributed by atoms with E-state index >= 15 is 0 Å². The van der Waals surface area contributed by atoms with E-state index in [4.69, 9.17) is 15.7 Å². The molecule has 0 unspecified atom stereocenters. The highest BCUT2D eigenvalue weighted by Gasteiger charge is 2.12. The Morgan fingerprint density at radius 3 is 3.18 bits per heavy atom. The third-order valence-corrected chi connectivity index (χ3v) is 1.87. The number of amides is 1. The fourth-order valence-electron chi connectivity index (χ4n) is 1.11. The normalized spacial score (nSPS) is 11.5. The van der Waals surface area contributed by atoms with Gasteiger partial charge in [0.25, 0.3) is 5.91 Å². The highest BCUT2D eigenvalue weighted by atomic mass is 16.5. The number of rotatable bonds is 6. The lowest BCUT2D eigenvalue weighted by Crippen LogP contribution is -2.21. The lowest BCUT2D eigenvalue weighted by molar-refractivity contribution is -0.120. The van der Waals surface area contributed by atoms with E-state index in [1.165, 1.54) is 6.20 Å². The largest absolute Gasteiger partial charge is 0.409 e. The minimum Gasteiger partial charge on any atom is -0.409 e. The number of aromatic nitrogens is 2. The quantitative estimate of drug-likeness (QED) is 0.181. The van der Waals surface area contributed by atoms with Gasteiger partial charge in [0.1, 0.15) is 12.4 Å². The van der Waals surface area contributed by atoms with E-state index in [0.717, 1.165) is 6.42 Å².